The molecule has 2 aromatic heterocycles. The molecule has 1 N–H and O–H groups in total. The van der Waals surface area contributed by atoms with E-state index in [1.54, 1.807) is 13.2 Å². The molecule has 4 rings (SSSR count). The maximum atomic E-state index is 12.6. The van der Waals surface area contributed by atoms with Gasteiger partial charge in [-0.25, -0.2) is 4.98 Å². The fraction of sp³-hybridized carbons (Fsp3) is 0.130. The number of nitrogens with one attached hydrogen (secondary N) is 1. The highest BCUT2D eigenvalue weighted by Gasteiger charge is 2.21. The molecule has 0 radical (unpaired) electrons. The highest BCUT2D eigenvalue weighted by Crippen LogP contribution is 2.32. The van der Waals surface area contributed by atoms with Crippen molar-refractivity contribution < 1.29 is 14.5 Å². The number of hydrogen-bond acceptors (Lipinski definition) is 6. The van der Waals surface area contributed by atoms with E-state index in [2.05, 4.69) is 14.9 Å². The lowest BCUT2D eigenvalue weighted by molar-refractivity contribution is -0.385. The van der Waals surface area contributed by atoms with Crippen LogP contribution in [0.4, 0.5) is 10.8 Å². The molecule has 9 heteroatoms. The molecule has 1 amide bonds. The summed E-state index contributed by atoms with van der Waals surface area (Å²) in [7, 11) is 1.63. The first-order chi connectivity index (χ1) is 15.4. The molecule has 2 aromatic carbocycles. The van der Waals surface area contributed by atoms with Crippen molar-refractivity contribution in [2.75, 3.05) is 12.4 Å². The highest BCUT2D eigenvalue weighted by molar-refractivity contribution is 7.14. The van der Waals surface area contributed by atoms with Crippen LogP contribution in [0.3, 0.4) is 0 Å². The number of thiazole rings is 1. The molecule has 2 heterocycles. The summed E-state index contributed by atoms with van der Waals surface area (Å²) < 4.78 is 7.36. The van der Waals surface area contributed by atoms with Crippen molar-refractivity contribution in [1.29, 1.82) is 0 Å². The Kier molecular flexibility index (Phi) is 5.74. The van der Waals surface area contributed by atoms with Gasteiger partial charge in [-0.15, -0.1) is 11.3 Å². The summed E-state index contributed by atoms with van der Waals surface area (Å²) in [6.07, 6.45) is 0. The van der Waals surface area contributed by atoms with Gasteiger partial charge in [0, 0.05) is 34.1 Å². The minimum absolute atomic E-state index is 0.00747. The first-order valence-electron chi connectivity index (χ1n) is 9.73. The number of carbonyl (C=O) groups is 1. The smallest absolute Gasteiger partial charge is 0.282 e. The summed E-state index contributed by atoms with van der Waals surface area (Å²) in [6.45, 7) is 4.03. The summed E-state index contributed by atoms with van der Waals surface area (Å²) in [5.41, 5.74) is 4.47. The van der Waals surface area contributed by atoms with E-state index in [0.717, 1.165) is 34.1 Å². The second-order valence-corrected chi connectivity index (χ2v) is 7.94. The van der Waals surface area contributed by atoms with Crippen LogP contribution in [0, 0.1) is 24.0 Å². The van der Waals surface area contributed by atoms with E-state index in [4.69, 9.17) is 4.74 Å². The van der Waals surface area contributed by atoms with Crippen LogP contribution in [0.1, 0.15) is 21.7 Å². The molecular weight excluding hydrogens is 428 g/mol. The van der Waals surface area contributed by atoms with Gasteiger partial charge in [-0.3, -0.25) is 20.2 Å². The van der Waals surface area contributed by atoms with Crippen molar-refractivity contribution in [3.05, 3.63) is 87.0 Å². The minimum Gasteiger partial charge on any atom is -0.497 e. The molecule has 0 atom stereocenters. The van der Waals surface area contributed by atoms with E-state index in [1.807, 2.05) is 49.6 Å². The van der Waals surface area contributed by atoms with Gasteiger partial charge >= 0.3 is 0 Å². The van der Waals surface area contributed by atoms with Crippen LogP contribution in [0.2, 0.25) is 0 Å². The van der Waals surface area contributed by atoms with Crippen molar-refractivity contribution in [3.8, 4) is 22.7 Å². The van der Waals surface area contributed by atoms with E-state index in [1.165, 1.54) is 29.5 Å². The number of amides is 1. The largest absolute Gasteiger partial charge is 0.497 e. The molecule has 0 aliphatic rings. The summed E-state index contributed by atoms with van der Waals surface area (Å²) >= 11 is 1.27. The lowest BCUT2D eigenvalue weighted by Gasteiger charge is -2.10. The number of aromatic nitrogens is 2. The zero-order chi connectivity index (χ0) is 22.8. The van der Waals surface area contributed by atoms with Crippen LogP contribution in [-0.4, -0.2) is 27.5 Å². The minimum atomic E-state index is -0.573. The van der Waals surface area contributed by atoms with E-state index in [9.17, 15) is 14.9 Å². The predicted molar refractivity (Wildman–Crippen MR) is 124 cm³/mol. The van der Waals surface area contributed by atoms with Crippen LogP contribution >= 0.6 is 11.3 Å². The number of hydrogen-bond donors (Lipinski definition) is 1. The van der Waals surface area contributed by atoms with Crippen LogP contribution in [-0.2, 0) is 0 Å². The number of nitro benzene ring substituents is 1. The van der Waals surface area contributed by atoms with Crippen molar-refractivity contribution in [3.63, 3.8) is 0 Å². The van der Waals surface area contributed by atoms with Crippen molar-refractivity contribution in [1.82, 2.24) is 9.55 Å². The second-order valence-electron chi connectivity index (χ2n) is 7.08. The Morgan fingerprint density at radius 3 is 2.56 bits per heavy atom. The van der Waals surface area contributed by atoms with Gasteiger partial charge in [-0.1, -0.05) is 12.1 Å². The Balaban J connectivity index is 1.60. The van der Waals surface area contributed by atoms with Crippen LogP contribution in [0.15, 0.2) is 60.0 Å². The quantitative estimate of drug-likeness (QED) is 0.315. The van der Waals surface area contributed by atoms with Gasteiger partial charge < -0.3 is 9.30 Å². The number of ether oxygens (including phenoxy) is 1. The standard InChI is InChI=1S/C23H20N4O4S/c1-14-12-19(15(2)26(14)16-8-10-17(31-3)11-9-16)20-13-32-23(24-20)25-22(28)18-6-4-5-7-21(18)27(29)30/h4-13H,1-3H3,(H,24,25,28). The maximum Gasteiger partial charge on any atom is 0.282 e. The summed E-state index contributed by atoms with van der Waals surface area (Å²) in [5, 5.41) is 16.1. The number of nitro groups is 1. The van der Waals surface area contributed by atoms with Crippen LogP contribution in [0.25, 0.3) is 16.9 Å². The van der Waals surface area contributed by atoms with Gasteiger partial charge in [0.1, 0.15) is 11.3 Å². The molecule has 8 nitrogen and oxygen atoms in total. The lowest BCUT2D eigenvalue weighted by Crippen LogP contribution is -2.13. The number of carbonyl (C=O) groups excluding carboxylic acids is 1. The lowest BCUT2D eigenvalue weighted by atomic mass is 10.1. The number of nitrogens with zero attached hydrogens (tertiary/aromatic N) is 3. The average molecular weight is 449 g/mol. The third-order valence-electron chi connectivity index (χ3n) is 5.11. The molecular formula is C23H20N4O4S. The average Bonchev–Trinajstić information content (AvgIpc) is 3.37. The number of anilines is 1. The van der Waals surface area contributed by atoms with E-state index >= 15 is 0 Å². The van der Waals surface area contributed by atoms with Gasteiger partial charge in [0.05, 0.1) is 17.7 Å². The second kappa shape index (κ2) is 8.64. The molecule has 0 saturated carbocycles. The Hall–Kier alpha value is -3.98. The molecule has 32 heavy (non-hydrogen) atoms. The van der Waals surface area contributed by atoms with Gasteiger partial charge in [0.15, 0.2) is 5.13 Å². The van der Waals surface area contributed by atoms with Gasteiger partial charge in [0.25, 0.3) is 11.6 Å². The zero-order valence-corrected chi connectivity index (χ0v) is 18.5. The van der Waals surface area contributed by atoms with E-state index in [0.29, 0.717) is 5.13 Å². The molecule has 0 saturated heterocycles. The number of para-hydroxylation sites is 1. The van der Waals surface area contributed by atoms with Gasteiger partial charge in [-0.05, 0) is 50.2 Å². The first kappa shape index (κ1) is 21.3. The number of aryl methyl sites for hydroxylation is 1. The Labute approximate surface area is 188 Å². The zero-order valence-electron chi connectivity index (χ0n) is 17.7. The topological polar surface area (TPSA) is 99.3 Å². The molecule has 0 unspecified atom stereocenters. The molecule has 0 bridgehead atoms. The molecule has 0 spiro atoms. The number of rotatable bonds is 6. The SMILES string of the molecule is COc1ccc(-n2c(C)cc(-c3csc(NC(=O)c4ccccc4[N+](=O)[O-])n3)c2C)cc1. The third-order valence-corrected chi connectivity index (χ3v) is 5.87. The fourth-order valence-electron chi connectivity index (χ4n) is 3.59. The number of benzene rings is 2. The Bertz CT molecular complexity index is 1310. The van der Waals surface area contributed by atoms with Crippen molar-refractivity contribution in [2.45, 2.75) is 13.8 Å². The molecule has 162 valence electrons. The summed E-state index contributed by atoms with van der Waals surface area (Å²) in [5.74, 6) is 0.219. The van der Waals surface area contributed by atoms with E-state index in [-0.39, 0.29) is 11.3 Å². The molecule has 4 aromatic rings. The normalized spacial score (nSPS) is 10.7. The maximum absolute atomic E-state index is 12.6. The summed E-state index contributed by atoms with van der Waals surface area (Å²) in [6, 6.07) is 15.7. The van der Waals surface area contributed by atoms with Gasteiger partial charge in [0.2, 0.25) is 0 Å². The summed E-state index contributed by atoms with van der Waals surface area (Å²) in [4.78, 5) is 27.7. The molecule has 0 aliphatic carbocycles. The monoisotopic (exact) mass is 448 g/mol. The van der Waals surface area contributed by atoms with Gasteiger partial charge in [-0.2, -0.15) is 0 Å². The fourth-order valence-corrected chi connectivity index (χ4v) is 4.30. The third kappa shape index (κ3) is 3.97. The molecule has 0 aliphatic heterocycles. The van der Waals surface area contributed by atoms with E-state index < -0.39 is 10.8 Å². The van der Waals surface area contributed by atoms with Crippen LogP contribution < -0.4 is 10.1 Å². The Morgan fingerprint density at radius 1 is 1.16 bits per heavy atom. The van der Waals surface area contributed by atoms with Crippen molar-refractivity contribution in [2.24, 2.45) is 0 Å². The predicted octanol–water partition coefficient (Wildman–Crippen LogP) is 5.39. The van der Waals surface area contributed by atoms with Crippen LogP contribution in [0.5, 0.6) is 5.75 Å². The first-order valence-corrected chi connectivity index (χ1v) is 10.6. The number of methoxy groups -OCH3 is 1. The highest BCUT2D eigenvalue weighted by atomic mass is 32.1. The van der Waals surface area contributed by atoms with Crippen molar-refractivity contribution >= 4 is 28.1 Å². The molecule has 0 fully saturated rings. The Morgan fingerprint density at radius 2 is 1.88 bits per heavy atom.